The van der Waals surface area contributed by atoms with E-state index in [4.69, 9.17) is 4.74 Å². The van der Waals surface area contributed by atoms with E-state index in [0.717, 1.165) is 0 Å². The maximum atomic E-state index is 14.6. The van der Waals surface area contributed by atoms with Gasteiger partial charge in [-0.2, -0.15) is 0 Å². The number of nitrogens with zero attached hydrogens (tertiary/aromatic N) is 1. The first-order valence-corrected chi connectivity index (χ1v) is 10.4. The van der Waals surface area contributed by atoms with Crippen LogP contribution < -0.4 is 10.2 Å². The summed E-state index contributed by atoms with van der Waals surface area (Å²) < 4.78 is 31.3. The second-order valence-electron chi connectivity index (χ2n) is 7.11. The van der Waals surface area contributed by atoms with Gasteiger partial charge in [-0.15, -0.1) is 0 Å². The predicted octanol–water partition coefficient (Wildman–Crippen LogP) is 1.77. The lowest BCUT2D eigenvalue weighted by atomic mass is 10.1. The lowest BCUT2D eigenvalue weighted by Crippen LogP contribution is -2.34. The quantitative estimate of drug-likeness (QED) is 0.790. The van der Waals surface area contributed by atoms with Gasteiger partial charge in [0, 0.05) is 24.2 Å². The highest BCUT2D eigenvalue weighted by Crippen LogP contribution is 2.59. The Hall–Kier alpha value is -1.80. The molecule has 140 valence electrons. The van der Waals surface area contributed by atoms with E-state index < -0.39 is 23.4 Å². The van der Waals surface area contributed by atoms with Gasteiger partial charge in [-0.25, -0.2) is 9.18 Å². The molecule has 0 aromatic heterocycles. The number of nitrogens with one attached hydrogen (secondary N) is 1. The van der Waals surface area contributed by atoms with Crippen molar-refractivity contribution < 1.29 is 23.3 Å². The van der Waals surface area contributed by atoms with Crippen LogP contribution in [0.25, 0.3) is 0 Å². The Morgan fingerprint density at radius 1 is 1.42 bits per heavy atom. The van der Waals surface area contributed by atoms with Gasteiger partial charge in [-0.1, -0.05) is 24.2 Å². The molecule has 1 aromatic rings. The number of ether oxygens (including phenoxy) is 1. The van der Waals surface area contributed by atoms with Crippen LogP contribution in [0.4, 0.5) is 14.9 Å². The van der Waals surface area contributed by atoms with Gasteiger partial charge < -0.3 is 14.6 Å². The van der Waals surface area contributed by atoms with Gasteiger partial charge in [-0.05, 0) is 17.7 Å². The molecule has 2 aliphatic heterocycles. The van der Waals surface area contributed by atoms with E-state index in [1.807, 2.05) is 0 Å². The number of halogens is 1. The number of carbonyl (C=O) groups excluding carboxylic acids is 2. The molecule has 2 amide bonds. The summed E-state index contributed by atoms with van der Waals surface area (Å²) in [5, 5.41) is 2.69. The molecule has 1 aliphatic carbocycles. The molecule has 0 spiro atoms. The third-order valence-electron chi connectivity index (χ3n) is 5.47. The minimum absolute atomic E-state index is 0.106. The molecule has 1 saturated carbocycles. The first-order chi connectivity index (χ1) is 12.5. The van der Waals surface area contributed by atoms with Crippen LogP contribution in [0, 0.1) is 17.7 Å². The number of cyclic esters (lactones) is 1. The van der Waals surface area contributed by atoms with E-state index in [0.29, 0.717) is 41.0 Å². The molecule has 2 heterocycles. The molecule has 26 heavy (non-hydrogen) atoms. The Kier molecular flexibility index (Phi) is 4.56. The minimum Gasteiger partial charge on any atom is -0.616 e. The Morgan fingerprint density at radius 3 is 2.81 bits per heavy atom. The number of rotatable bonds is 5. The van der Waals surface area contributed by atoms with Crippen molar-refractivity contribution in [2.45, 2.75) is 25.4 Å². The SMILES string of the molecule is CCC(=O)NC[C@H]1CN(c2ccc([C@H]3[C@@H]4C[S+]([O-])C[C@@H]43)c(F)c2)C(=O)O1. The summed E-state index contributed by atoms with van der Waals surface area (Å²) in [7, 11) is 0. The largest absolute Gasteiger partial charge is 0.616 e. The fourth-order valence-corrected chi connectivity index (χ4v) is 5.91. The number of amides is 2. The molecule has 1 aromatic carbocycles. The maximum absolute atomic E-state index is 14.6. The molecule has 3 fully saturated rings. The first-order valence-electron chi connectivity index (χ1n) is 8.87. The van der Waals surface area contributed by atoms with Crippen molar-refractivity contribution >= 4 is 28.9 Å². The zero-order valence-corrected chi connectivity index (χ0v) is 15.3. The maximum Gasteiger partial charge on any atom is 0.414 e. The fraction of sp³-hybridized carbons (Fsp3) is 0.556. The minimum atomic E-state index is -0.748. The molecule has 1 unspecified atom stereocenters. The van der Waals surface area contributed by atoms with Crippen molar-refractivity contribution in [2.75, 3.05) is 29.5 Å². The summed E-state index contributed by atoms with van der Waals surface area (Å²) in [5.74, 6) is 1.72. The molecule has 1 N–H and O–H groups in total. The van der Waals surface area contributed by atoms with E-state index in [2.05, 4.69) is 5.32 Å². The molecule has 0 radical (unpaired) electrons. The summed E-state index contributed by atoms with van der Waals surface area (Å²) in [6.07, 6.45) is -0.613. The smallest absolute Gasteiger partial charge is 0.414 e. The molecule has 6 nitrogen and oxygen atoms in total. The topological polar surface area (TPSA) is 81.7 Å². The summed E-state index contributed by atoms with van der Waals surface area (Å²) >= 11 is -0.748. The average Bonchev–Trinajstić information content (AvgIpc) is 2.93. The number of anilines is 1. The Balaban J connectivity index is 1.41. The van der Waals surface area contributed by atoms with E-state index in [9.17, 15) is 18.5 Å². The van der Waals surface area contributed by atoms with Crippen molar-refractivity contribution in [2.24, 2.45) is 11.8 Å². The van der Waals surface area contributed by atoms with Crippen molar-refractivity contribution in [3.05, 3.63) is 29.6 Å². The van der Waals surface area contributed by atoms with Crippen molar-refractivity contribution in [3.8, 4) is 0 Å². The fourth-order valence-electron chi connectivity index (χ4n) is 4.00. The summed E-state index contributed by atoms with van der Waals surface area (Å²) in [5.41, 5.74) is 1.11. The molecular weight excluding hydrogens is 359 g/mol. The highest BCUT2D eigenvalue weighted by atomic mass is 32.2. The Bertz CT molecular complexity index is 734. The number of benzene rings is 1. The van der Waals surface area contributed by atoms with Crippen LogP contribution in [0.2, 0.25) is 0 Å². The molecule has 2 saturated heterocycles. The number of fused-ring (bicyclic) bond motifs is 1. The first kappa shape index (κ1) is 17.6. The van der Waals surface area contributed by atoms with Gasteiger partial charge >= 0.3 is 6.09 Å². The van der Waals surface area contributed by atoms with Crippen LogP contribution in [-0.2, 0) is 20.7 Å². The highest BCUT2D eigenvalue weighted by Gasteiger charge is 2.60. The monoisotopic (exact) mass is 380 g/mol. The van der Waals surface area contributed by atoms with Gasteiger partial charge in [-0.3, -0.25) is 9.69 Å². The van der Waals surface area contributed by atoms with Crippen molar-refractivity contribution in [1.29, 1.82) is 0 Å². The van der Waals surface area contributed by atoms with Crippen molar-refractivity contribution in [3.63, 3.8) is 0 Å². The lowest BCUT2D eigenvalue weighted by Gasteiger charge is -2.15. The van der Waals surface area contributed by atoms with E-state index in [1.54, 1.807) is 19.1 Å². The number of hydrogen-bond acceptors (Lipinski definition) is 4. The van der Waals surface area contributed by atoms with E-state index >= 15 is 0 Å². The predicted molar refractivity (Wildman–Crippen MR) is 94.9 cm³/mol. The molecule has 4 rings (SSSR count). The second kappa shape index (κ2) is 6.74. The van der Waals surface area contributed by atoms with Crippen LogP contribution >= 0.6 is 0 Å². The molecule has 8 heteroatoms. The van der Waals surface area contributed by atoms with Crippen LogP contribution in [-0.4, -0.2) is 47.3 Å². The van der Waals surface area contributed by atoms with E-state index in [1.165, 1.54) is 11.0 Å². The van der Waals surface area contributed by atoms with Gasteiger partial charge in [0.1, 0.15) is 23.4 Å². The standard InChI is InChI=1S/C18H21FN2O4S/c1-2-16(22)20-6-11-7-21(18(23)25-11)10-3-4-12(15(19)5-10)17-13-8-26(24)9-14(13)17/h3-5,11,13-14,17H,2,6-9H2,1H3,(H,20,22)/t11-,13-,14+,17+,26?/m0/s1. The summed E-state index contributed by atoms with van der Waals surface area (Å²) in [4.78, 5) is 24.8. The lowest BCUT2D eigenvalue weighted by molar-refractivity contribution is -0.121. The van der Waals surface area contributed by atoms with Crippen LogP contribution in [0.15, 0.2) is 18.2 Å². The van der Waals surface area contributed by atoms with Crippen molar-refractivity contribution in [1.82, 2.24) is 5.32 Å². The molecule has 3 aliphatic rings. The number of carbonyl (C=O) groups is 2. The van der Waals surface area contributed by atoms with Gasteiger partial charge in [0.25, 0.3) is 0 Å². The zero-order chi connectivity index (χ0) is 18.4. The molecule has 0 bridgehead atoms. The van der Waals surface area contributed by atoms with E-state index in [-0.39, 0.29) is 30.7 Å². The molecular formula is C18H21FN2O4S. The highest BCUT2D eigenvalue weighted by molar-refractivity contribution is 7.91. The zero-order valence-electron chi connectivity index (χ0n) is 14.4. The van der Waals surface area contributed by atoms with Gasteiger partial charge in [0.15, 0.2) is 0 Å². The second-order valence-corrected chi connectivity index (χ2v) is 8.65. The Labute approximate surface area is 154 Å². The Morgan fingerprint density at radius 2 is 2.15 bits per heavy atom. The summed E-state index contributed by atoms with van der Waals surface area (Å²) in [6.45, 7) is 2.27. The van der Waals surface area contributed by atoms with Gasteiger partial charge in [0.2, 0.25) is 5.91 Å². The number of hydrogen-bond donors (Lipinski definition) is 1. The normalized spacial score (nSPS) is 32.3. The third kappa shape index (κ3) is 3.16. The van der Waals surface area contributed by atoms with Crippen LogP contribution in [0.1, 0.15) is 24.8 Å². The third-order valence-corrected chi connectivity index (χ3v) is 6.98. The van der Waals surface area contributed by atoms with Crippen LogP contribution in [0.5, 0.6) is 0 Å². The average molecular weight is 380 g/mol. The van der Waals surface area contributed by atoms with Crippen LogP contribution in [0.3, 0.4) is 0 Å². The van der Waals surface area contributed by atoms with Gasteiger partial charge in [0.05, 0.1) is 18.8 Å². The summed E-state index contributed by atoms with van der Waals surface area (Å²) in [6, 6.07) is 4.84. The molecule has 5 atom stereocenters.